The quantitative estimate of drug-likeness (QED) is 0.0782. The first kappa shape index (κ1) is 38.7. The van der Waals surface area contributed by atoms with E-state index in [4.69, 9.17) is 14.2 Å². The van der Waals surface area contributed by atoms with Crippen LogP contribution in [0.1, 0.15) is 76.3 Å². The first-order valence-electron chi connectivity index (χ1n) is 17.2. The van der Waals surface area contributed by atoms with Gasteiger partial charge in [0.25, 0.3) is 0 Å². The third kappa shape index (κ3) is 8.26. The summed E-state index contributed by atoms with van der Waals surface area (Å²) in [5.74, 6) is -9.36. The Bertz CT molecular complexity index is 1500. The minimum atomic E-state index is -3.78. The Morgan fingerprint density at radius 1 is 0.880 bits per heavy atom. The van der Waals surface area contributed by atoms with Gasteiger partial charge in [-0.2, -0.15) is 0 Å². The van der Waals surface area contributed by atoms with Gasteiger partial charge in [0.05, 0.1) is 0 Å². The van der Waals surface area contributed by atoms with Crippen molar-refractivity contribution in [2.45, 2.75) is 113 Å². The zero-order valence-corrected chi connectivity index (χ0v) is 28.5. The van der Waals surface area contributed by atoms with Crippen LogP contribution in [0, 0.1) is 11.8 Å². The fourth-order valence-electron chi connectivity index (χ4n) is 7.03. The Morgan fingerprint density at radius 3 is 2.12 bits per heavy atom. The number of carboxylic acids is 3. The average molecular weight is 697 g/mol. The van der Waals surface area contributed by atoms with Gasteiger partial charge in [0, 0.05) is 12.8 Å². The summed E-state index contributed by atoms with van der Waals surface area (Å²) in [5, 5.41) is 53.3. The zero-order chi connectivity index (χ0) is 36.5. The number of unbranched alkanes of at least 4 members (excludes halogenated alkanes) is 1. The molecule has 0 radical (unpaired) electrons. The SMILES string of the molecule is C[C@@H](CCCC[C@]12O[C@H](C(=O)O)[C@@](O)(C(=O)O)[C@](C(=O)O)(O1)[C@H](OC(=O)CC/C=C/[C@H](C)CCCc1ccccc1)[C@H]2O)Cc1ccccc1. The lowest BCUT2D eigenvalue weighted by atomic mass is 9.74. The van der Waals surface area contributed by atoms with Crippen molar-refractivity contribution < 1.29 is 58.9 Å². The predicted molar refractivity (Wildman–Crippen MR) is 180 cm³/mol. The van der Waals surface area contributed by atoms with Crippen LogP contribution in [-0.2, 0) is 46.2 Å². The molecule has 8 atom stereocenters. The summed E-state index contributed by atoms with van der Waals surface area (Å²) in [6, 6.07) is 20.0. The predicted octanol–water partition coefficient (Wildman–Crippen LogP) is 4.54. The van der Waals surface area contributed by atoms with Gasteiger partial charge >= 0.3 is 23.9 Å². The second-order valence-electron chi connectivity index (χ2n) is 13.6. The Kier molecular flexibility index (Phi) is 13.0. The lowest BCUT2D eigenvalue weighted by Crippen LogP contribution is -2.78. The van der Waals surface area contributed by atoms with Crippen molar-refractivity contribution in [1.29, 1.82) is 0 Å². The molecular formula is C38H48O12. The highest BCUT2D eigenvalue weighted by molar-refractivity contribution is 5.98. The van der Waals surface area contributed by atoms with Gasteiger partial charge < -0.3 is 39.7 Å². The molecule has 0 spiro atoms. The van der Waals surface area contributed by atoms with Crippen LogP contribution >= 0.6 is 0 Å². The number of aliphatic hydroxyl groups excluding tert-OH is 1. The molecule has 0 amide bonds. The summed E-state index contributed by atoms with van der Waals surface area (Å²) in [5.41, 5.74) is -4.78. The van der Waals surface area contributed by atoms with E-state index in [2.05, 4.69) is 19.1 Å². The van der Waals surface area contributed by atoms with Crippen LogP contribution in [0.4, 0.5) is 0 Å². The molecule has 0 aliphatic carbocycles. The molecule has 5 N–H and O–H groups in total. The van der Waals surface area contributed by atoms with Crippen LogP contribution in [0.15, 0.2) is 72.8 Å². The van der Waals surface area contributed by atoms with Crippen LogP contribution in [0.2, 0.25) is 0 Å². The van der Waals surface area contributed by atoms with E-state index in [0.29, 0.717) is 12.8 Å². The summed E-state index contributed by atoms with van der Waals surface area (Å²) in [6.45, 7) is 4.10. The van der Waals surface area contributed by atoms with Crippen LogP contribution in [0.25, 0.3) is 0 Å². The molecule has 4 rings (SSSR count). The first-order valence-corrected chi connectivity index (χ1v) is 17.2. The van der Waals surface area contributed by atoms with Crippen molar-refractivity contribution in [1.82, 2.24) is 0 Å². The number of aryl methyl sites for hydroxylation is 1. The van der Waals surface area contributed by atoms with Crippen LogP contribution in [0.5, 0.6) is 0 Å². The minimum Gasteiger partial charge on any atom is -0.479 e. The molecule has 2 aliphatic heterocycles. The van der Waals surface area contributed by atoms with Gasteiger partial charge in [-0.15, -0.1) is 0 Å². The highest BCUT2D eigenvalue weighted by Gasteiger charge is 2.85. The molecule has 0 aromatic heterocycles. The normalized spacial score (nSPS) is 28.6. The van der Waals surface area contributed by atoms with E-state index in [1.807, 2.05) is 61.5 Å². The molecule has 272 valence electrons. The molecule has 2 bridgehead atoms. The van der Waals surface area contributed by atoms with Crippen molar-refractivity contribution >= 4 is 23.9 Å². The molecule has 2 aromatic carbocycles. The monoisotopic (exact) mass is 696 g/mol. The van der Waals surface area contributed by atoms with Crippen molar-refractivity contribution in [2.24, 2.45) is 11.8 Å². The zero-order valence-electron chi connectivity index (χ0n) is 28.5. The molecular weight excluding hydrogens is 648 g/mol. The summed E-state index contributed by atoms with van der Waals surface area (Å²) in [7, 11) is 0. The van der Waals surface area contributed by atoms with E-state index in [0.717, 1.165) is 31.2 Å². The fourth-order valence-corrected chi connectivity index (χ4v) is 7.03. The Hall–Kier alpha value is -4.10. The summed E-state index contributed by atoms with van der Waals surface area (Å²) in [4.78, 5) is 50.7. The standard InChI is InChI=1S/C38H48O12/c1-25(16-13-21-27-17-5-3-6-18-27)14-9-10-22-29(39)48-31-30(40)36(23-12-11-15-26(2)24-28-19-7-4-8-20-28)49-32(33(41)42)37(47,34(43)44)38(31,50-36)35(45)46/h3-9,14,17-20,25-26,30-32,40,47H,10-13,15-16,21-24H2,1-2H3,(H,41,42)(H,43,44)(H,45,46)/b14-9+/t25-,26-,30+,31+,32+,36-,37+,38-/m0/s1. The first-order chi connectivity index (χ1) is 23.8. The topological polar surface area (TPSA) is 197 Å². The van der Waals surface area contributed by atoms with Gasteiger partial charge in [0.2, 0.25) is 23.1 Å². The number of carbonyl (C=O) groups is 4. The largest absolute Gasteiger partial charge is 0.479 e. The lowest BCUT2D eigenvalue weighted by molar-refractivity contribution is -0.374. The highest BCUT2D eigenvalue weighted by atomic mass is 16.8. The second kappa shape index (κ2) is 16.7. The number of carbonyl (C=O) groups excluding carboxylic acids is 1. The number of hydrogen-bond donors (Lipinski definition) is 5. The number of aliphatic hydroxyl groups is 2. The molecule has 12 nitrogen and oxygen atoms in total. The Labute approximate surface area is 291 Å². The maximum atomic E-state index is 13.1. The highest BCUT2D eigenvalue weighted by Crippen LogP contribution is 2.55. The Morgan fingerprint density at radius 2 is 1.52 bits per heavy atom. The molecule has 2 heterocycles. The van der Waals surface area contributed by atoms with E-state index < -0.39 is 59.2 Å². The summed E-state index contributed by atoms with van der Waals surface area (Å²) < 4.78 is 16.6. The molecule has 2 aromatic rings. The third-order valence-corrected chi connectivity index (χ3v) is 9.71. The molecule has 2 fully saturated rings. The summed E-state index contributed by atoms with van der Waals surface area (Å²) >= 11 is 0. The number of fused-ring (bicyclic) bond motifs is 2. The van der Waals surface area contributed by atoms with Gasteiger partial charge in [-0.1, -0.05) is 99.5 Å². The van der Waals surface area contributed by atoms with Crippen molar-refractivity contribution in [3.8, 4) is 0 Å². The van der Waals surface area contributed by atoms with E-state index in [9.17, 15) is 44.7 Å². The van der Waals surface area contributed by atoms with Gasteiger partial charge in [0.1, 0.15) is 6.10 Å². The van der Waals surface area contributed by atoms with E-state index in [-0.39, 0.29) is 37.5 Å². The van der Waals surface area contributed by atoms with E-state index >= 15 is 0 Å². The number of carboxylic acid groups (broad SMARTS) is 3. The van der Waals surface area contributed by atoms with Gasteiger partial charge in [-0.05, 0) is 61.5 Å². The number of hydrogen-bond acceptors (Lipinski definition) is 9. The van der Waals surface area contributed by atoms with Gasteiger partial charge in [0.15, 0.2) is 6.10 Å². The smallest absolute Gasteiger partial charge is 0.344 e. The second-order valence-corrected chi connectivity index (χ2v) is 13.6. The maximum Gasteiger partial charge on any atom is 0.344 e. The average Bonchev–Trinajstić information content (AvgIpc) is 3.29. The molecule has 2 saturated heterocycles. The number of allylic oxidation sites excluding steroid dienone is 2. The number of ether oxygens (including phenoxy) is 3. The summed E-state index contributed by atoms with van der Waals surface area (Å²) in [6.07, 6.45) is 1.37. The maximum absolute atomic E-state index is 13.1. The van der Waals surface area contributed by atoms with Gasteiger partial charge in [-0.25, -0.2) is 14.4 Å². The molecule has 0 saturated carbocycles. The Balaban J connectivity index is 1.44. The van der Waals surface area contributed by atoms with Crippen LogP contribution < -0.4 is 0 Å². The number of esters is 1. The van der Waals surface area contributed by atoms with E-state index in [1.165, 1.54) is 5.56 Å². The minimum absolute atomic E-state index is 0.190. The molecule has 12 heteroatoms. The number of rotatable bonds is 19. The lowest BCUT2D eigenvalue weighted by Gasteiger charge is -2.48. The molecule has 50 heavy (non-hydrogen) atoms. The van der Waals surface area contributed by atoms with Crippen molar-refractivity contribution in [3.63, 3.8) is 0 Å². The number of aliphatic carboxylic acids is 3. The third-order valence-electron chi connectivity index (χ3n) is 9.71. The van der Waals surface area contributed by atoms with Crippen LogP contribution in [-0.4, -0.2) is 84.7 Å². The van der Waals surface area contributed by atoms with Gasteiger partial charge in [-0.3, -0.25) is 4.79 Å². The van der Waals surface area contributed by atoms with E-state index in [1.54, 1.807) is 6.08 Å². The van der Waals surface area contributed by atoms with Crippen molar-refractivity contribution in [2.75, 3.05) is 0 Å². The van der Waals surface area contributed by atoms with Crippen molar-refractivity contribution in [3.05, 3.63) is 83.9 Å². The molecule has 0 unspecified atom stereocenters. The van der Waals surface area contributed by atoms with Crippen LogP contribution in [0.3, 0.4) is 0 Å². The molecule has 2 aliphatic rings. The fraction of sp³-hybridized carbons (Fsp3) is 0.526. The number of benzene rings is 2.